The highest BCUT2D eigenvalue weighted by Crippen LogP contribution is 2.25. The molecule has 0 fully saturated rings. The summed E-state index contributed by atoms with van der Waals surface area (Å²) in [7, 11) is 1.87. The Morgan fingerprint density at radius 1 is 1.18 bits per heavy atom. The lowest BCUT2D eigenvalue weighted by atomic mass is 10.1. The maximum atomic E-state index is 9.29. The van der Waals surface area contributed by atoms with Gasteiger partial charge in [0.15, 0.2) is 0 Å². The van der Waals surface area contributed by atoms with Crippen molar-refractivity contribution >= 4 is 5.69 Å². The van der Waals surface area contributed by atoms with Crippen LogP contribution >= 0.6 is 0 Å². The van der Waals surface area contributed by atoms with Crippen molar-refractivity contribution < 1.29 is 5.11 Å². The minimum Gasteiger partial charge on any atom is -0.508 e. The Morgan fingerprint density at radius 2 is 1.82 bits per heavy atom. The van der Waals surface area contributed by atoms with E-state index in [-0.39, 0.29) is 0 Å². The summed E-state index contributed by atoms with van der Waals surface area (Å²) in [5, 5.41) is 12.3. The molecule has 0 amide bonds. The van der Waals surface area contributed by atoms with Crippen molar-refractivity contribution in [2.75, 3.05) is 12.4 Å². The zero-order valence-electron chi connectivity index (χ0n) is 7.10. The first kappa shape index (κ1) is 7.92. The molecule has 0 spiro atoms. The lowest BCUT2D eigenvalue weighted by molar-refractivity contribution is 0.470. The predicted molar refractivity (Wildman–Crippen MR) is 47.1 cm³/mol. The molecule has 0 saturated heterocycles. The molecule has 1 aromatic rings. The summed E-state index contributed by atoms with van der Waals surface area (Å²) in [5.74, 6) is 0.363. The minimum absolute atomic E-state index is 0.363. The highest BCUT2D eigenvalue weighted by molar-refractivity contribution is 5.57. The van der Waals surface area contributed by atoms with Gasteiger partial charge >= 0.3 is 0 Å². The van der Waals surface area contributed by atoms with Gasteiger partial charge in [0.05, 0.1) is 0 Å². The van der Waals surface area contributed by atoms with Gasteiger partial charge in [0.1, 0.15) is 5.75 Å². The van der Waals surface area contributed by atoms with E-state index in [0.29, 0.717) is 5.75 Å². The molecular formula is C9H13NO. The Hall–Kier alpha value is -1.18. The molecule has 0 bridgehead atoms. The molecule has 60 valence electrons. The molecule has 2 N–H and O–H groups in total. The Balaban J connectivity index is 3.25. The van der Waals surface area contributed by atoms with E-state index in [1.165, 1.54) is 0 Å². The number of hydrogen-bond donors (Lipinski definition) is 2. The number of phenols is 1. The molecule has 0 unspecified atom stereocenters. The monoisotopic (exact) mass is 151 g/mol. The highest BCUT2D eigenvalue weighted by atomic mass is 16.3. The van der Waals surface area contributed by atoms with Crippen LogP contribution in [0.2, 0.25) is 0 Å². The van der Waals surface area contributed by atoms with Crippen LogP contribution in [0.1, 0.15) is 11.1 Å². The zero-order valence-corrected chi connectivity index (χ0v) is 7.10. The topological polar surface area (TPSA) is 32.3 Å². The fourth-order valence-corrected chi connectivity index (χ4v) is 1.08. The van der Waals surface area contributed by atoms with E-state index in [1.807, 2.05) is 27.0 Å². The number of benzene rings is 1. The summed E-state index contributed by atoms with van der Waals surface area (Å²) in [6.45, 7) is 3.90. The smallest absolute Gasteiger partial charge is 0.118 e. The summed E-state index contributed by atoms with van der Waals surface area (Å²) in [5.41, 5.74) is 3.12. The van der Waals surface area contributed by atoms with Gasteiger partial charge in [-0.1, -0.05) is 0 Å². The minimum atomic E-state index is 0.363. The van der Waals surface area contributed by atoms with Crippen molar-refractivity contribution in [2.45, 2.75) is 13.8 Å². The average molecular weight is 151 g/mol. The van der Waals surface area contributed by atoms with Crippen LogP contribution in [0.3, 0.4) is 0 Å². The molecule has 0 aliphatic heterocycles. The molecule has 11 heavy (non-hydrogen) atoms. The second-order valence-electron chi connectivity index (χ2n) is 2.63. The van der Waals surface area contributed by atoms with Gasteiger partial charge in [-0.2, -0.15) is 0 Å². The van der Waals surface area contributed by atoms with Crippen LogP contribution in [0.5, 0.6) is 5.75 Å². The van der Waals surface area contributed by atoms with Crippen LogP contribution in [-0.2, 0) is 0 Å². The van der Waals surface area contributed by atoms with Crippen molar-refractivity contribution in [3.05, 3.63) is 23.3 Å². The summed E-state index contributed by atoms with van der Waals surface area (Å²) >= 11 is 0. The van der Waals surface area contributed by atoms with Gasteiger partial charge in [-0.3, -0.25) is 0 Å². The van der Waals surface area contributed by atoms with E-state index >= 15 is 0 Å². The Bertz CT molecular complexity index is 269. The molecule has 2 heteroatoms. The zero-order chi connectivity index (χ0) is 8.43. The predicted octanol–water partition coefficient (Wildman–Crippen LogP) is 2.05. The van der Waals surface area contributed by atoms with Crippen LogP contribution in [0.25, 0.3) is 0 Å². The fraction of sp³-hybridized carbons (Fsp3) is 0.333. The normalized spacial score (nSPS) is 9.73. The average Bonchev–Trinajstić information content (AvgIpc) is 2.01. The van der Waals surface area contributed by atoms with Crippen molar-refractivity contribution in [3.8, 4) is 5.75 Å². The van der Waals surface area contributed by atoms with Gasteiger partial charge in [-0.25, -0.2) is 0 Å². The SMILES string of the molecule is CNc1ccc(O)c(C)c1C. The standard InChI is InChI=1S/C9H13NO/c1-6-7(2)9(11)5-4-8(6)10-3/h4-5,10-11H,1-3H3. The van der Waals surface area contributed by atoms with E-state index in [1.54, 1.807) is 6.07 Å². The summed E-state index contributed by atoms with van der Waals surface area (Å²) in [6, 6.07) is 3.58. The molecule has 0 atom stereocenters. The first-order valence-electron chi connectivity index (χ1n) is 3.63. The van der Waals surface area contributed by atoms with Gasteiger partial charge in [-0.05, 0) is 37.1 Å². The van der Waals surface area contributed by atoms with Crippen LogP contribution in [-0.4, -0.2) is 12.2 Å². The number of hydrogen-bond acceptors (Lipinski definition) is 2. The Kier molecular flexibility index (Phi) is 2.03. The summed E-state index contributed by atoms with van der Waals surface area (Å²) in [4.78, 5) is 0. The van der Waals surface area contributed by atoms with Gasteiger partial charge in [0, 0.05) is 12.7 Å². The second-order valence-corrected chi connectivity index (χ2v) is 2.63. The molecule has 0 aromatic heterocycles. The fourth-order valence-electron chi connectivity index (χ4n) is 1.08. The number of anilines is 1. The molecule has 1 rings (SSSR count). The quantitative estimate of drug-likeness (QED) is 0.602. The van der Waals surface area contributed by atoms with Crippen molar-refractivity contribution in [3.63, 3.8) is 0 Å². The number of rotatable bonds is 1. The molecule has 0 heterocycles. The molecule has 1 aromatic carbocycles. The molecule has 0 aliphatic rings. The summed E-state index contributed by atoms with van der Waals surface area (Å²) < 4.78 is 0. The Morgan fingerprint density at radius 3 is 2.36 bits per heavy atom. The third-order valence-corrected chi connectivity index (χ3v) is 2.03. The van der Waals surface area contributed by atoms with E-state index in [2.05, 4.69) is 5.32 Å². The lowest BCUT2D eigenvalue weighted by Crippen LogP contribution is -1.93. The molecule has 0 aliphatic carbocycles. The van der Waals surface area contributed by atoms with E-state index in [4.69, 9.17) is 0 Å². The number of nitrogens with one attached hydrogen (secondary N) is 1. The van der Waals surface area contributed by atoms with E-state index in [0.717, 1.165) is 16.8 Å². The van der Waals surface area contributed by atoms with E-state index in [9.17, 15) is 5.11 Å². The number of phenolic OH excluding ortho intramolecular Hbond substituents is 1. The molecule has 0 radical (unpaired) electrons. The molecular weight excluding hydrogens is 138 g/mol. The van der Waals surface area contributed by atoms with Crippen molar-refractivity contribution in [1.29, 1.82) is 0 Å². The maximum Gasteiger partial charge on any atom is 0.118 e. The van der Waals surface area contributed by atoms with Gasteiger partial charge < -0.3 is 10.4 Å². The molecule has 0 saturated carbocycles. The second kappa shape index (κ2) is 2.82. The third-order valence-electron chi connectivity index (χ3n) is 2.03. The Labute approximate surface area is 66.9 Å². The summed E-state index contributed by atoms with van der Waals surface area (Å²) in [6.07, 6.45) is 0. The van der Waals surface area contributed by atoms with E-state index < -0.39 is 0 Å². The van der Waals surface area contributed by atoms with Crippen LogP contribution in [0.4, 0.5) is 5.69 Å². The van der Waals surface area contributed by atoms with Crippen LogP contribution in [0, 0.1) is 13.8 Å². The lowest BCUT2D eigenvalue weighted by Gasteiger charge is -2.08. The van der Waals surface area contributed by atoms with Crippen LogP contribution in [0.15, 0.2) is 12.1 Å². The third kappa shape index (κ3) is 1.29. The van der Waals surface area contributed by atoms with Crippen LogP contribution < -0.4 is 5.32 Å². The van der Waals surface area contributed by atoms with Crippen molar-refractivity contribution in [2.24, 2.45) is 0 Å². The number of aromatic hydroxyl groups is 1. The molecule has 2 nitrogen and oxygen atoms in total. The van der Waals surface area contributed by atoms with Gasteiger partial charge in [-0.15, -0.1) is 0 Å². The first-order chi connectivity index (χ1) is 5.16. The van der Waals surface area contributed by atoms with Crippen molar-refractivity contribution in [1.82, 2.24) is 0 Å². The highest BCUT2D eigenvalue weighted by Gasteiger charge is 2.02. The largest absolute Gasteiger partial charge is 0.508 e. The first-order valence-corrected chi connectivity index (χ1v) is 3.63. The maximum absolute atomic E-state index is 9.29. The van der Waals surface area contributed by atoms with Gasteiger partial charge in [0.25, 0.3) is 0 Å². The van der Waals surface area contributed by atoms with Gasteiger partial charge in [0.2, 0.25) is 0 Å².